The first-order valence-electron chi connectivity index (χ1n) is 5.99. The Morgan fingerprint density at radius 3 is 2.82 bits per heavy atom. The number of nitrogens with zero attached hydrogens (tertiary/aromatic N) is 2. The van der Waals surface area contributed by atoms with E-state index < -0.39 is 0 Å². The fourth-order valence-electron chi connectivity index (χ4n) is 2.14. The Bertz CT molecular complexity index is 544. The first kappa shape index (κ1) is 10.4. The summed E-state index contributed by atoms with van der Waals surface area (Å²) in [5.74, 6) is 0. The lowest BCUT2D eigenvalue weighted by Gasteiger charge is -2.14. The molecule has 0 unspecified atom stereocenters. The van der Waals surface area contributed by atoms with Crippen molar-refractivity contribution < 1.29 is 4.63 Å². The van der Waals surface area contributed by atoms with Gasteiger partial charge in [0.1, 0.15) is 0 Å². The first-order chi connectivity index (χ1) is 8.24. The van der Waals surface area contributed by atoms with Gasteiger partial charge in [-0.3, -0.25) is 0 Å². The van der Waals surface area contributed by atoms with Crippen molar-refractivity contribution in [2.75, 3.05) is 17.6 Å². The summed E-state index contributed by atoms with van der Waals surface area (Å²) in [6.07, 6.45) is 3.84. The van der Waals surface area contributed by atoms with E-state index in [1.54, 1.807) is 0 Å². The molecular formula is C12H16N4O. The highest BCUT2D eigenvalue weighted by Crippen LogP contribution is 2.48. The van der Waals surface area contributed by atoms with Crippen LogP contribution in [0.1, 0.15) is 26.2 Å². The molecule has 0 atom stereocenters. The quantitative estimate of drug-likeness (QED) is 0.791. The monoisotopic (exact) mass is 232 g/mol. The third-order valence-electron chi connectivity index (χ3n) is 3.81. The van der Waals surface area contributed by atoms with Gasteiger partial charge >= 0.3 is 0 Å². The van der Waals surface area contributed by atoms with Crippen molar-refractivity contribution in [3.05, 3.63) is 12.1 Å². The number of nitrogen functional groups attached to an aromatic ring is 1. The van der Waals surface area contributed by atoms with E-state index in [-0.39, 0.29) is 0 Å². The fourth-order valence-corrected chi connectivity index (χ4v) is 2.14. The molecule has 90 valence electrons. The van der Waals surface area contributed by atoms with Gasteiger partial charge in [0.25, 0.3) is 0 Å². The van der Waals surface area contributed by atoms with E-state index >= 15 is 0 Å². The van der Waals surface area contributed by atoms with Crippen molar-refractivity contribution in [1.29, 1.82) is 0 Å². The second-order valence-electron chi connectivity index (χ2n) is 4.87. The predicted octanol–water partition coefficient (Wildman–Crippen LogP) is 2.41. The molecule has 0 spiro atoms. The lowest BCUT2D eigenvalue weighted by atomic mass is 10.0. The van der Waals surface area contributed by atoms with Crippen molar-refractivity contribution in [3.8, 4) is 0 Å². The molecule has 3 rings (SSSR count). The number of hydrogen-bond acceptors (Lipinski definition) is 5. The van der Waals surface area contributed by atoms with E-state index in [2.05, 4.69) is 22.6 Å². The van der Waals surface area contributed by atoms with Crippen LogP contribution in [0.15, 0.2) is 16.8 Å². The van der Waals surface area contributed by atoms with Gasteiger partial charge in [-0.05, 0) is 47.1 Å². The summed E-state index contributed by atoms with van der Waals surface area (Å²) in [6, 6.07) is 3.77. The SMILES string of the molecule is CCC1(CNc2ccc(N)c3nonc23)CC1. The van der Waals surface area contributed by atoms with Crippen molar-refractivity contribution >= 4 is 22.4 Å². The Morgan fingerprint density at radius 2 is 2.12 bits per heavy atom. The number of anilines is 2. The van der Waals surface area contributed by atoms with E-state index in [4.69, 9.17) is 10.4 Å². The zero-order chi connectivity index (χ0) is 11.9. The van der Waals surface area contributed by atoms with Crippen LogP contribution in [0.4, 0.5) is 11.4 Å². The van der Waals surface area contributed by atoms with Crippen LogP contribution in [0, 0.1) is 5.41 Å². The molecular weight excluding hydrogens is 216 g/mol. The maximum absolute atomic E-state index is 5.80. The molecule has 0 saturated heterocycles. The number of fused-ring (bicyclic) bond motifs is 1. The van der Waals surface area contributed by atoms with Crippen LogP contribution in [-0.2, 0) is 0 Å². The molecule has 0 aliphatic heterocycles. The molecule has 1 saturated carbocycles. The normalized spacial score (nSPS) is 17.2. The Morgan fingerprint density at radius 1 is 1.35 bits per heavy atom. The van der Waals surface area contributed by atoms with Crippen LogP contribution >= 0.6 is 0 Å². The highest BCUT2D eigenvalue weighted by Gasteiger charge is 2.40. The second kappa shape index (κ2) is 3.61. The van der Waals surface area contributed by atoms with Crippen molar-refractivity contribution in [3.63, 3.8) is 0 Å². The molecule has 0 amide bonds. The third-order valence-corrected chi connectivity index (χ3v) is 3.81. The van der Waals surface area contributed by atoms with E-state index in [9.17, 15) is 0 Å². The number of nitrogens with one attached hydrogen (secondary N) is 1. The predicted molar refractivity (Wildman–Crippen MR) is 66.7 cm³/mol. The topological polar surface area (TPSA) is 77.0 Å². The van der Waals surface area contributed by atoms with E-state index in [0.29, 0.717) is 16.6 Å². The van der Waals surface area contributed by atoms with Gasteiger partial charge in [0.2, 0.25) is 0 Å². The molecule has 3 N–H and O–H groups in total. The Labute approximate surface area is 99.3 Å². The molecule has 1 aromatic carbocycles. The van der Waals surface area contributed by atoms with Crippen LogP contribution in [0.5, 0.6) is 0 Å². The summed E-state index contributed by atoms with van der Waals surface area (Å²) in [4.78, 5) is 0. The first-order valence-corrected chi connectivity index (χ1v) is 5.99. The zero-order valence-corrected chi connectivity index (χ0v) is 9.86. The highest BCUT2D eigenvalue weighted by atomic mass is 16.6. The number of rotatable bonds is 4. The molecule has 0 bridgehead atoms. The van der Waals surface area contributed by atoms with Crippen molar-refractivity contribution in [2.24, 2.45) is 5.41 Å². The molecule has 5 nitrogen and oxygen atoms in total. The second-order valence-corrected chi connectivity index (χ2v) is 4.87. The van der Waals surface area contributed by atoms with Crippen molar-refractivity contribution in [2.45, 2.75) is 26.2 Å². The average molecular weight is 232 g/mol. The summed E-state index contributed by atoms with van der Waals surface area (Å²) in [7, 11) is 0. The van der Waals surface area contributed by atoms with Crippen LogP contribution in [0.25, 0.3) is 11.0 Å². The van der Waals surface area contributed by atoms with Crippen LogP contribution in [0.2, 0.25) is 0 Å². The lowest BCUT2D eigenvalue weighted by molar-refractivity contribution is 0.315. The van der Waals surface area contributed by atoms with E-state index in [1.807, 2.05) is 12.1 Å². The molecule has 1 fully saturated rings. The van der Waals surface area contributed by atoms with Crippen LogP contribution < -0.4 is 11.1 Å². The van der Waals surface area contributed by atoms with Crippen LogP contribution in [0.3, 0.4) is 0 Å². The Balaban J connectivity index is 1.85. The third kappa shape index (κ3) is 1.71. The summed E-state index contributed by atoms with van der Waals surface area (Å²) >= 11 is 0. The van der Waals surface area contributed by atoms with Gasteiger partial charge < -0.3 is 11.1 Å². The Hall–Kier alpha value is -1.78. The number of benzene rings is 1. The minimum Gasteiger partial charge on any atom is -0.397 e. The van der Waals surface area contributed by atoms with Crippen molar-refractivity contribution in [1.82, 2.24) is 10.3 Å². The minimum absolute atomic E-state index is 0.491. The number of aromatic nitrogens is 2. The largest absolute Gasteiger partial charge is 0.397 e. The molecule has 1 aromatic heterocycles. The Kier molecular flexibility index (Phi) is 2.21. The lowest BCUT2D eigenvalue weighted by Crippen LogP contribution is -2.14. The smallest absolute Gasteiger partial charge is 0.160 e. The summed E-state index contributed by atoms with van der Waals surface area (Å²) in [5, 5.41) is 11.1. The number of nitrogens with two attached hydrogens (primary N) is 1. The van der Waals surface area contributed by atoms with Crippen LogP contribution in [-0.4, -0.2) is 16.9 Å². The van der Waals surface area contributed by atoms with E-state index in [0.717, 1.165) is 17.7 Å². The maximum Gasteiger partial charge on any atom is 0.160 e. The molecule has 1 aliphatic rings. The zero-order valence-electron chi connectivity index (χ0n) is 9.86. The molecule has 5 heteroatoms. The minimum atomic E-state index is 0.491. The average Bonchev–Trinajstić information content (AvgIpc) is 2.95. The van der Waals surface area contributed by atoms with Gasteiger partial charge in [-0.25, -0.2) is 4.63 Å². The maximum atomic E-state index is 5.80. The molecule has 0 radical (unpaired) electrons. The number of hydrogen-bond donors (Lipinski definition) is 2. The van der Waals surface area contributed by atoms with Gasteiger partial charge in [-0.1, -0.05) is 6.92 Å². The van der Waals surface area contributed by atoms with Gasteiger partial charge in [0.15, 0.2) is 11.0 Å². The molecule has 17 heavy (non-hydrogen) atoms. The van der Waals surface area contributed by atoms with E-state index in [1.165, 1.54) is 19.3 Å². The molecule has 1 heterocycles. The fraction of sp³-hybridized carbons (Fsp3) is 0.500. The summed E-state index contributed by atoms with van der Waals surface area (Å²) in [5.41, 5.74) is 9.20. The molecule has 1 aliphatic carbocycles. The van der Waals surface area contributed by atoms with Gasteiger partial charge in [0, 0.05) is 6.54 Å². The standard InChI is InChI=1S/C12H16N4O/c1-2-12(5-6-12)7-14-9-4-3-8(13)10-11(9)16-17-15-10/h3-4,14H,2,5-7,13H2,1H3. The van der Waals surface area contributed by atoms with Gasteiger partial charge in [0.05, 0.1) is 11.4 Å². The highest BCUT2D eigenvalue weighted by molar-refractivity contribution is 5.94. The molecule has 2 aromatic rings. The van der Waals surface area contributed by atoms with Gasteiger partial charge in [-0.15, -0.1) is 0 Å². The summed E-state index contributed by atoms with van der Waals surface area (Å²) < 4.78 is 4.74. The summed E-state index contributed by atoms with van der Waals surface area (Å²) in [6.45, 7) is 3.22. The van der Waals surface area contributed by atoms with Gasteiger partial charge in [-0.2, -0.15) is 0 Å².